The Morgan fingerprint density at radius 1 is 1.32 bits per heavy atom. The summed E-state index contributed by atoms with van der Waals surface area (Å²) in [4.78, 5) is 19.9. The van der Waals surface area contributed by atoms with Gasteiger partial charge in [-0.05, 0) is 49.3 Å². The van der Waals surface area contributed by atoms with Gasteiger partial charge in [0.1, 0.15) is 5.82 Å². The molecule has 22 heavy (non-hydrogen) atoms. The van der Waals surface area contributed by atoms with Crippen LogP contribution in [-0.4, -0.2) is 24.0 Å². The van der Waals surface area contributed by atoms with Crippen LogP contribution in [0, 0.1) is 6.92 Å². The van der Waals surface area contributed by atoms with Crippen LogP contribution < -0.4 is 10.2 Å². The Kier molecular flexibility index (Phi) is 4.73. The summed E-state index contributed by atoms with van der Waals surface area (Å²) in [6.45, 7) is 4.61. The molecular weight excluding hydrogens is 294 g/mol. The van der Waals surface area contributed by atoms with Crippen molar-refractivity contribution in [2.45, 2.75) is 32.7 Å². The first kappa shape index (κ1) is 15.0. The summed E-state index contributed by atoms with van der Waals surface area (Å²) < 4.78 is 0. The van der Waals surface area contributed by atoms with Gasteiger partial charge in [0, 0.05) is 31.4 Å². The van der Waals surface area contributed by atoms with Gasteiger partial charge < -0.3 is 10.2 Å². The van der Waals surface area contributed by atoms with Crippen molar-refractivity contribution in [2.75, 3.05) is 18.0 Å². The summed E-state index contributed by atoms with van der Waals surface area (Å²) in [6, 6.07) is 5.96. The van der Waals surface area contributed by atoms with Crippen LogP contribution in [-0.2, 0) is 6.54 Å². The van der Waals surface area contributed by atoms with Gasteiger partial charge in [-0.25, -0.2) is 4.98 Å². The molecule has 4 nitrogen and oxygen atoms in total. The monoisotopic (exact) mass is 315 g/mol. The van der Waals surface area contributed by atoms with Crippen molar-refractivity contribution in [1.29, 1.82) is 0 Å². The van der Waals surface area contributed by atoms with Crippen LogP contribution >= 0.6 is 11.3 Å². The number of nitrogens with one attached hydrogen (secondary N) is 1. The topological polar surface area (TPSA) is 45.2 Å². The van der Waals surface area contributed by atoms with Gasteiger partial charge in [0.15, 0.2) is 0 Å². The molecule has 3 heterocycles. The molecule has 1 aliphatic rings. The molecule has 3 rings (SSSR count). The molecular formula is C17H21N3OS. The SMILES string of the molecule is Cc1ccsc1C(=O)NCc1cccnc1N1CCCCC1. The molecule has 116 valence electrons. The number of hydrogen-bond acceptors (Lipinski definition) is 4. The van der Waals surface area contributed by atoms with Gasteiger partial charge in [0.25, 0.3) is 5.91 Å². The summed E-state index contributed by atoms with van der Waals surface area (Å²) in [5, 5.41) is 4.98. The lowest BCUT2D eigenvalue weighted by Gasteiger charge is -2.29. The van der Waals surface area contributed by atoms with Crippen LogP contribution in [0.25, 0.3) is 0 Å². The second-order valence-corrected chi connectivity index (χ2v) is 6.57. The van der Waals surface area contributed by atoms with Crippen LogP contribution in [0.3, 0.4) is 0 Å². The lowest BCUT2D eigenvalue weighted by molar-refractivity contribution is 0.0954. The molecule has 0 saturated carbocycles. The number of rotatable bonds is 4. The number of aryl methyl sites for hydroxylation is 1. The van der Waals surface area contributed by atoms with Crippen LogP contribution in [0.1, 0.15) is 40.1 Å². The second kappa shape index (κ2) is 6.92. The summed E-state index contributed by atoms with van der Waals surface area (Å²) in [5.74, 6) is 1.02. The maximum atomic E-state index is 12.3. The Morgan fingerprint density at radius 2 is 2.14 bits per heavy atom. The molecule has 2 aromatic rings. The fourth-order valence-electron chi connectivity index (χ4n) is 2.82. The third-order valence-electron chi connectivity index (χ3n) is 4.03. The van der Waals surface area contributed by atoms with Crippen molar-refractivity contribution >= 4 is 23.1 Å². The Morgan fingerprint density at radius 3 is 2.86 bits per heavy atom. The van der Waals surface area contributed by atoms with E-state index >= 15 is 0 Å². The number of aromatic nitrogens is 1. The predicted octanol–water partition coefficient (Wildman–Crippen LogP) is 3.37. The van der Waals surface area contributed by atoms with E-state index in [2.05, 4.69) is 21.3 Å². The highest BCUT2D eigenvalue weighted by Gasteiger charge is 2.16. The van der Waals surface area contributed by atoms with Crippen molar-refractivity contribution < 1.29 is 4.79 Å². The largest absolute Gasteiger partial charge is 0.356 e. The Balaban J connectivity index is 1.70. The van der Waals surface area contributed by atoms with E-state index < -0.39 is 0 Å². The summed E-state index contributed by atoms with van der Waals surface area (Å²) in [5.41, 5.74) is 2.12. The first-order valence-electron chi connectivity index (χ1n) is 7.77. The molecule has 5 heteroatoms. The van der Waals surface area contributed by atoms with Gasteiger partial charge >= 0.3 is 0 Å². The van der Waals surface area contributed by atoms with E-state index in [4.69, 9.17) is 0 Å². The molecule has 0 atom stereocenters. The van der Waals surface area contributed by atoms with Crippen molar-refractivity contribution in [3.8, 4) is 0 Å². The molecule has 1 saturated heterocycles. The zero-order chi connectivity index (χ0) is 15.4. The molecule has 0 aliphatic carbocycles. The van der Waals surface area contributed by atoms with E-state index in [-0.39, 0.29) is 5.91 Å². The van der Waals surface area contributed by atoms with Gasteiger partial charge in [0.05, 0.1) is 4.88 Å². The molecule has 1 amide bonds. The number of pyridine rings is 1. The first-order valence-corrected chi connectivity index (χ1v) is 8.65. The number of nitrogens with zero attached hydrogens (tertiary/aromatic N) is 2. The maximum Gasteiger partial charge on any atom is 0.261 e. The van der Waals surface area contributed by atoms with Crippen molar-refractivity contribution in [2.24, 2.45) is 0 Å². The summed E-state index contributed by atoms with van der Waals surface area (Å²) in [7, 11) is 0. The Hall–Kier alpha value is -1.88. The molecule has 0 aromatic carbocycles. The van der Waals surface area contributed by atoms with Crippen LogP contribution in [0.4, 0.5) is 5.82 Å². The molecule has 1 fully saturated rings. The number of carbonyl (C=O) groups excluding carboxylic acids is 1. The lowest BCUT2D eigenvalue weighted by atomic mass is 10.1. The van der Waals surface area contributed by atoms with E-state index in [0.717, 1.165) is 34.9 Å². The molecule has 2 aromatic heterocycles. The second-order valence-electron chi connectivity index (χ2n) is 5.65. The summed E-state index contributed by atoms with van der Waals surface area (Å²) in [6.07, 6.45) is 5.57. The third kappa shape index (κ3) is 3.30. The van der Waals surface area contributed by atoms with Crippen LogP contribution in [0.5, 0.6) is 0 Å². The fraction of sp³-hybridized carbons (Fsp3) is 0.412. The number of thiophene rings is 1. The quantitative estimate of drug-likeness (QED) is 0.941. The number of anilines is 1. The van der Waals surface area contributed by atoms with E-state index in [1.165, 1.54) is 30.6 Å². The van der Waals surface area contributed by atoms with Gasteiger partial charge in [0.2, 0.25) is 0 Å². The van der Waals surface area contributed by atoms with Crippen molar-refractivity contribution in [3.63, 3.8) is 0 Å². The fourth-order valence-corrected chi connectivity index (χ4v) is 3.66. The molecule has 1 aliphatic heterocycles. The highest BCUT2D eigenvalue weighted by Crippen LogP contribution is 2.22. The highest BCUT2D eigenvalue weighted by atomic mass is 32.1. The minimum atomic E-state index is 0.000877. The molecule has 0 spiro atoms. The van der Waals surface area contributed by atoms with Crippen LogP contribution in [0.2, 0.25) is 0 Å². The van der Waals surface area contributed by atoms with Crippen molar-refractivity contribution in [3.05, 3.63) is 45.8 Å². The van der Waals surface area contributed by atoms with E-state index in [1.807, 2.05) is 30.6 Å². The van der Waals surface area contributed by atoms with E-state index in [1.54, 1.807) is 0 Å². The maximum absolute atomic E-state index is 12.3. The van der Waals surface area contributed by atoms with E-state index in [9.17, 15) is 4.79 Å². The van der Waals surface area contributed by atoms with E-state index in [0.29, 0.717) is 6.54 Å². The Labute approximate surface area is 135 Å². The smallest absolute Gasteiger partial charge is 0.261 e. The number of carbonyl (C=O) groups is 1. The number of piperidine rings is 1. The minimum Gasteiger partial charge on any atom is -0.356 e. The van der Waals surface area contributed by atoms with Gasteiger partial charge in [-0.3, -0.25) is 4.79 Å². The molecule has 1 N–H and O–H groups in total. The highest BCUT2D eigenvalue weighted by molar-refractivity contribution is 7.12. The van der Waals surface area contributed by atoms with Crippen molar-refractivity contribution in [1.82, 2.24) is 10.3 Å². The van der Waals surface area contributed by atoms with Gasteiger partial charge in [-0.2, -0.15) is 0 Å². The Bertz CT molecular complexity index is 647. The van der Waals surface area contributed by atoms with Gasteiger partial charge in [-0.15, -0.1) is 11.3 Å². The molecule has 0 bridgehead atoms. The summed E-state index contributed by atoms with van der Waals surface area (Å²) >= 11 is 1.49. The molecule has 0 unspecified atom stereocenters. The first-order chi connectivity index (χ1) is 10.8. The standard InChI is InChI=1S/C17H21N3OS/c1-13-7-11-22-15(13)17(21)19-12-14-6-5-8-18-16(14)20-9-3-2-4-10-20/h5-8,11H,2-4,9-10,12H2,1H3,(H,19,21). The lowest BCUT2D eigenvalue weighted by Crippen LogP contribution is -2.32. The number of hydrogen-bond donors (Lipinski definition) is 1. The zero-order valence-corrected chi connectivity index (χ0v) is 13.7. The van der Waals surface area contributed by atoms with Gasteiger partial charge in [-0.1, -0.05) is 6.07 Å². The minimum absolute atomic E-state index is 0.000877. The normalized spacial score (nSPS) is 14.9. The third-order valence-corrected chi connectivity index (χ3v) is 5.05. The zero-order valence-electron chi connectivity index (χ0n) is 12.8. The average Bonchev–Trinajstić information content (AvgIpc) is 3.00. The predicted molar refractivity (Wildman–Crippen MR) is 90.5 cm³/mol. The number of amides is 1. The average molecular weight is 315 g/mol. The molecule has 0 radical (unpaired) electrons. The van der Waals surface area contributed by atoms with Crippen LogP contribution in [0.15, 0.2) is 29.8 Å².